The topological polar surface area (TPSA) is 52.6 Å². The number of anilines is 1. The first-order valence-electron chi connectivity index (χ1n) is 7.67. The third kappa shape index (κ3) is 4.57. The van der Waals surface area contributed by atoms with Gasteiger partial charge in [-0.1, -0.05) is 31.8 Å². The van der Waals surface area contributed by atoms with Gasteiger partial charge in [-0.3, -0.25) is 4.79 Å². The number of carbonyl (C=O) groups excluding carboxylic acids is 1. The Labute approximate surface area is 128 Å². The molecule has 116 valence electrons. The van der Waals surface area contributed by atoms with Gasteiger partial charge in [0.2, 0.25) is 0 Å². The Kier molecular flexibility index (Phi) is 5.06. The monoisotopic (exact) mass is 306 g/mol. The summed E-state index contributed by atoms with van der Waals surface area (Å²) in [6.07, 6.45) is 2.22. The zero-order chi connectivity index (χ0) is 15.5. The highest BCUT2D eigenvalue weighted by molar-refractivity contribution is 6.76. The predicted octanol–water partition coefficient (Wildman–Crippen LogP) is 2.57. The fourth-order valence-corrected chi connectivity index (χ4v) is 3.21. The van der Waals surface area contributed by atoms with Crippen molar-refractivity contribution in [1.82, 2.24) is 4.90 Å². The molecule has 1 aromatic carbocycles. The Bertz CT molecular complexity index is 499. The van der Waals surface area contributed by atoms with Crippen molar-refractivity contribution in [1.29, 1.82) is 0 Å². The summed E-state index contributed by atoms with van der Waals surface area (Å²) in [5.41, 5.74) is 1.62. The molecule has 1 unspecified atom stereocenters. The summed E-state index contributed by atoms with van der Waals surface area (Å²) in [6.45, 7) is 8.07. The average Bonchev–Trinajstić information content (AvgIpc) is 2.44. The van der Waals surface area contributed by atoms with Crippen LogP contribution in [0.2, 0.25) is 19.6 Å². The molecule has 0 spiro atoms. The number of aliphatic hydroxyl groups is 1. The van der Waals surface area contributed by atoms with E-state index in [-0.39, 0.29) is 12.0 Å². The molecule has 1 amide bonds. The van der Waals surface area contributed by atoms with Gasteiger partial charge in [0.1, 0.15) is 0 Å². The number of hydrogen-bond acceptors (Lipinski definition) is 3. The average molecular weight is 306 g/mol. The number of benzene rings is 1. The summed E-state index contributed by atoms with van der Waals surface area (Å²) in [6, 6.07) is 7.69. The number of hydrogen-bond donors (Lipinski definition) is 2. The minimum Gasteiger partial charge on any atom is -0.391 e. The first-order chi connectivity index (χ1) is 9.87. The van der Waals surface area contributed by atoms with Crippen LogP contribution in [0.5, 0.6) is 0 Å². The number of carbonyl (C=O) groups is 1. The quantitative estimate of drug-likeness (QED) is 0.841. The molecule has 0 radical (unpaired) electrons. The molecule has 1 aliphatic rings. The largest absolute Gasteiger partial charge is 0.391 e. The molecule has 1 saturated heterocycles. The van der Waals surface area contributed by atoms with Gasteiger partial charge >= 0.3 is 0 Å². The molecule has 0 bridgehead atoms. The maximum atomic E-state index is 12.7. The fraction of sp³-hybridized carbons (Fsp3) is 0.562. The van der Waals surface area contributed by atoms with Crippen molar-refractivity contribution in [3.63, 3.8) is 0 Å². The van der Waals surface area contributed by atoms with Crippen molar-refractivity contribution in [2.45, 2.75) is 38.6 Å². The molecule has 1 fully saturated rings. The van der Waals surface area contributed by atoms with Crippen LogP contribution in [0, 0.1) is 0 Å². The second-order valence-electron chi connectivity index (χ2n) is 7.01. The van der Waals surface area contributed by atoms with Crippen LogP contribution >= 0.6 is 0 Å². The second kappa shape index (κ2) is 6.62. The Morgan fingerprint density at radius 1 is 1.38 bits per heavy atom. The lowest BCUT2D eigenvalue weighted by molar-refractivity contribution is 0.0474. The van der Waals surface area contributed by atoms with Crippen LogP contribution in [0.3, 0.4) is 0 Å². The highest BCUT2D eigenvalue weighted by Gasteiger charge is 2.24. The Morgan fingerprint density at radius 3 is 2.76 bits per heavy atom. The summed E-state index contributed by atoms with van der Waals surface area (Å²) in [4.78, 5) is 14.4. The van der Waals surface area contributed by atoms with E-state index >= 15 is 0 Å². The second-order valence-corrected chi connectivity index (χ2v) is 12.5. The summed E-state index contributed by atoms with van der Waals surface area (Å²) in [5, 5.41) is 13.2. The van der Waals surface area contributed by atoms with Crippen LogP contribution in [-0.2, 0) is 0 Å². The van der Waals surface area contributed by atoms with Crippen LogP contribution < -0.4 is 5.32 Å². The van der Waals surface area contributed by atoms with Gasteiger partial charge in [-0.05, 0) is 25.0 Å². The number of likely N-dealkylation sites (tertiary alicyclic amines) is 1. The number of aliphatic hydroxyl groups excluding tert-OH is 1. The van der Waals surface area contributed by atoms with E-state index < -0.39 is 8.07 Å². The van der Waals surface area contributed by atoms with Crippen molar-refractivity contribution in [3.8, 4) is 0 Å². The van der Waals surface area contributed by atoms with Crippen LogP contribution in [0.15, 0.2) is 24.3 Å². The van der Waals surface area contributed by atoms with E-state index in [0.29, 0.717) is 12.1 Å². The fourth-order valence-electron chi connectivity index (χ4n) is 2.49. The highest BCUT2D eigenvalue weighted by atomic mass is 28.3. The molecular weight excluding hydrogens is 280 g/mol. The van der Waals surface area contributed by atoms with Gasteiger partial charge in [-0.25, -0.2) is 0 Å². The predicted molar refractivity (Wildman–Crippen MR) is 89.4 cm³/mol. The SMILES string of the molecule is C[Si](C)(C)CNc1ccccc1C(=O)N1CCCC(O)C1. The van der Waals surface area contributed by atoms with Crippen molar-refractivity contribution < 1.29 is 9.90 Å². The van der Waals surface area contributed by atoms with Gasteiger partial charge in [-0.2, -0.15) is 0 Å². The summed E-state index contributed by atoms with van der Waals surface area (Å²) >= 11 is 0. The standard InChI is InChI=1S/C16H26N2O2Si/c1-21(2,3)12-17-15-9-5-4-8-14(15)16(20)18-10-6-7-13(19)11-18/h4-5,8-9,13,17,19H,6-7,10-12H2,1-3H3. The maximum Gasteiger partial charge on any atom is 0.256 e. The lowest BCUT2D eigenvalue weighted by atomic mass is 10.1. The molecule has 1 atom stereocenters. The first-order valence-corrected chi connectivity index (χ1v) is 11.4. The van der Waals surface area contributed by atoms with Gasteiger partial charge in [0.25, 0.3) is 5.91 Å². The van der Waals surface area contributed by atoms with E-state index in [1.807, 2.05) is 24.3 Å². The van der Waals surface area contributed by atoms with Crippen molar-refractivity contribution in [2.75, 3.05) is 24.6 Å². The molecular formula is C16H26N2O2Si. The van der Waals surface area contributed by atoms with Crippen LogP contribution in [0.4, 0.5) is 5.69 Å². The normalized spacial score (nSPS) is 19.4. The van der Waals surface area contributed by atoms with Crippen molar-refractivity contribution >= 4 is 19.7 Å². The smallest absolute Gasteiger partial charge is 0.256 e. The molecule has 21 heavy (non-hydrogen) atoms. The summed E-state index contributed by atoms with van der Waals surface area (Å²) in [7, 11) is -1.22. The van der Waals surface area contributed by atoms with E-state index in [9.17, 15) is 9.90 Å². The number of rotatable bonds is 4. The van der Waals surface area contributed by atoms with E-state index in [1.165, 1.54) is 0 Å². The molecule has 1 heterocycles. The Hall–Kier alpha value is -1.33. The molecule has 4 nitrogen and oxygen atoms in total. The number of para-hydroxylation sites is 1. The van der Waals surface area contributed by atoms with Gasteiger partial charge < -0.3 is 15.3 Å². The van der Waals surface area contributed by atoms with Crippen LogP contribution in [0.25, 0.3) is 0 Å². The molecule has 0 aromatic heterocycles. The van der Waals surface area contributed by atoms with Gasteiger partial charge in [0.15, 0.2) is 0 Å². The minimum atomic E-state index is -1.22. The number of nitrogens with zero attached hydrogens (tertiary/aromatic N) is 1. The third-order valence-electron chi connectivity index (χ3n) is 3.65. The van der Waals surface area contributed by atoms with Gasteiger partial charge in [0.05, 0.1) is 19.7 Å². The number of piperidine rings is 1. The van der Waals surface area contributed by atoms with E-state index in [4.69, 9.17) is 0 Å². The molecule has 2 N–H and O–H groups in total. The lowest BCUT2D eigenvalue weighted by Gasteiger charge is -2.31. The molecule has 5 heteroatoms. The van der Waals surface area contributed by atoms with Crippen LogP contribution in [0.1, 0.15) is 23.2 Å². The van der Waals surface area contributed by atoms with E-state index in [2.05, 4.69) is 25.0 Å². The molecule has 2 rings (SSSR count). The summed E-state index contributed by atoms with van der Waals surface area (Å²) < 4.78 is 0. The highest BCUT2D eigenvalue weighted by Crippen LogP contribution is 2.20. The van der Waals surface area contributed by atoms with Gasteiger partial charge in [-0.15, -0.1) is 0 Å². The minimum absolute atomic E-state index is 0.0208. The molecule has 1 aliphatic heterocycles. The van der Waals surface area contributed by atoms with E-state index in [1.54, 1.807) is 4.90 Å². The first kappa shape index (κ1) is 16.0. The van der Waals surface area contributed by atoms with Crippen LogP contribution in [-0.4, -0.2) is 49.3 Å². The van der Waals surface area contributed by atoms with Gasteiger partial charge in [0, 0.05) is 24.9 Å². The molecule has 0 saturated carbocycles. The number of β-amino-alcohol motifs (C(OH)–C–C–N with tert-alkyl or cyclic N) is 1. The Balaban J connectivity index is 2.13. The zero-order valence-corrected chi connectivity index (χ0v) is 14.2. The Morgan fingerprint density at radius 2 is 2.10 bits per heavy atom. The zero-order valence-electron chi connectivity index (χ0n) is 13.2. The number of nitrogens with one attached hydrogen (secondary N) is 1. The molecule has 0 aliphatic carbocycles. The number of amides is 1. The third-order valence-corrected chi connectivity index (χ3v) is 4.89. The lowest BCUT2D eigenvalue weighted by Crippen LogP contribution is -2.42. The van der Waals surface area contributed by atoms with Crippen molar-refractivity contribution in [3.05, 3.63) is 29.8 Å². The van der Waals surface area contributed by atoms with Crippen molar-refractivity contribution in [2.24, 2.45) is 0 Å². The summed E-state index contributed by atoms with van der Waals surface area (Å²) in [5.74, 6) is 0.0208. The van der Waals surface area contributed by atoms with E-state index in [0.717, 1.165) is 31.2 Å². The maximum absolute atomic E-state index is 12.7. The molecule has 1 aromatic rings.